The Balaban J connectivity index is 1.74. The van der Waals surface area contributed by atoms with Crippen molar-refractivity contribution in [2.75, 3.05) is 0 Å². The van der Waals surface area contributed by atoms with Gasteiger partial charge in [0, 0.05) is 7.61 Å². The van der Waals surface area contributed by atoms with Crippen LogP contribution in [-0.4, -0.2) is 9.93 Å². The quantitative estimate of drug-likeness (QED) is 0.344. The van der Waals surface area contributed by atoms with Gasteiger partial charge in [0.25, 0.3) is 0 Å². The van der Waals surface area contributed by atoms with E-state index in [4.69, 9.17) is 4.52 Å². The van der Waals surface area contributed by atoms with Crippen LogP contribution in [0.1, 0.15) is 86.1 Å². The summed E-state index contributed by atoms with van der Waals surface area (Å²) in [4.78, 5) is 0.544. The summed E-state index contributed by atoms with van der Waals surface area (Å²) in [5, 5.41) is 1.78. The minimum absolute atomic E-state index is 0.0561. The Kier molecular flexibility index (Phi) is 5.09. The van der Waals surface area contributed by atoms with E-state index in [1.54, 1.807) is 19.0 Å². The molecule has 0 aliphatic carbocycles. The number of aryl methyl sites for hydroxylation is 6. The minimum Gasteiger partial charge on any atom is -0.336 e. The Hall–Kier alpha value is -0.140. The maximum atomic E-state index is 7.72. The molecule has 6 bridgehead atoms. The van der Waals surface area contributed by atoms with E-state index in [0.717, 1.165) is 0 Å². The van der Waals surface area contributed by atoms with Gasteiger partial charge in [0.1, 0.15) is 5.08 Å². The van der Waals surface area contributed by atoms with Gasteiger partial charge < -0.3 is 4.52 Å². The maximum absolute atomic E-state index is 7.72. The van der Waals surface area contributed by atoms with E-state index in [-0.39, 0.29) is 28.4 Å². The third-order valence-corrected chi connectivity index (χ3v) is 28.0. The lowest BCUT2D eigenvalue weighted by Gasteiger charge is -2.40. The minimum atomic E-state index is -0.525. The van der Waals surface area contributed by atoms with Gasteiger partial charge >= 0.3 is 0 Å². The molecule has 2 aromatic carbocycles. The zero-order chi connectivity index (χ0) is 25.7. The Labute approximate surface area is 218 Å². The summed E-state index contributed by atoms with van der Waals surface area (Å²) in [6.45, 7) is 29.1. The average molecular weight is 541 g/mol. The number of benzene rings is 2. The SMILES string of the molecule is Cc1cc(C)c([C@]23OP4[C@]5(c6c(C)cc(C)cc6C)P2C(C(C)(C)C)=PP3[C@]45C(C)(C)C)c(C)c1. The molecule has 4 fully saturated rings. The van der Waals surface area contributed by atoms with Crippen LogP contribution in [0.2, 0.25) is 0 Å². The van der Waals surface area contributed by atoms with Crippen molar-refractivity contribution in [3.63, 3.8) is 0 Å². The Bertz CT molecular complexity index is 1300. The fourth-order valence-electron chi connectivity index (χ4n) is 7.95. The van der Waals surface area contributed by atoms with E-state index in [9.17, 15) is 0 Å². The third-order valence-electron chi connectivity index (χ3n) is 8.61. The van der Waals surface area contributed by atoms with Gasteiger partial charge in [-0.05, 0) is 98.7 Å². The van der Waals surface area contributed by atoms with Crippen molar-refractivity contribution in [1.29, 1.82) is 0 Å². The molecule has 7 rings (SSSR count). The van der Waals surface area contributed by atoms with Crippen LogP contribution in [0.4, 0.5) is 0 Å². The second-order valence-electron chi connectivity index (χ2n) is 13.5. The lowest BCUT2D eigenvalue weighted by molar-refractivity contribution is 0.302. The van der Waals surface area contributed by atoms with Crippen LogP contribution in [0.3, 0.4) is 0 Å². The molecule has 3 unspecified atom stereocenters. The van der Waals surface area contributed by atoms with Gasteiger partial charge in [-0.3, -0.25) is 0 Å². The van der Waals surface area contributed by atoms with Crippen LogP contribution in [-0.2, 0) is 14.5 Å². The highest BCUT2D eigenvalue weighted by atomic mass is 32.0. The molecule has 5 heteroatoms. The first kappa shape index (κ1) is 25.2. The normalized spacial score (nSPS) is 37.1. The van der Waals surface area contributed by atoms with Crippen LogP contribution in [0.25, 0.3) is 0 Å². The van der Waals surface area contributed by atoms with Crippen LogP contribution in [0.5, 0.6) is 0 Å². The average Bonchev–Trinajstić information content (AvgIpc) is 2.94. The van der Waals surface area contributed by atoms with Gasteiger partial charge in [0.2, 0.25) is 0 Å². The zero-order valence-corrected chi connectivity index (χ0v) is 27.1. The van der Waals surface area contributed by atoms with Crippen LogP contribution < -0.4 is 0 Å². The Morgan fingerprint density at radius 3 is 1.60 bits per heavy atom. The Morgan fingerprint density at radius 1 is 0.714 bits per heavy atom. The molecule has 6 atom stereocenters. The van der Waals surface area contributed by atoms with E-state index in [0.29, 0.717) is 4.90 Å². The second-order valence-corrected chi connectivity index (χ2v) is 23.8. The highest BCUT2D eigenvalue weighted by Crippen LogP contribution is 3.28. The summed E-state index contributed by atoms with van der Waals surface area (Å²) in [6.07, 6.45) is 0. The van der Waals surface area contributed by atoms with Gasteiger partial charge in [-0.25, -0.2) is 0 Å². The molecule has 5 aliphatic rings. The van der Waals surface area contributed by atoms with Crippen molar-refractivity contribution in [1.82, 2.24) is 0 Å². The summed E-state index contributed by atoms with van der Waals surface area (Å²) >= 11 is 0. The van der Waals surface area contributed by atoms with Gasteiger partial charge in [-0.15, -0.1) is 0 Å². The van der Waals surface area contributed by atoms with Crippen LogP contribution in [0.15, 0.2) is 24.3 Å². The van der Waals surface area contributed by atoms with E-state index >= 15 is 0 Å². The first-order valence-electron chi connectivity index (χ1n) is 12.9. The molecule has 5 aliphatic heterocycles. The molecule has 186 valence electrons. The number of rotatable bonds is 2. The fourth-order valence-corrected chi connectivity index (χ4v) is 36.6. The zero-order valence-electron chi connectivity index (χ0n) is 23.5. The maximum Gasteiger partial charge on any atom is 0.149 e. The first-order chi connectivity index (χ1) is 16.1. The second kappa shape index (κ2) is 7.08. The van der Waals surface area contributed by atoms with Gasteiger partial charge in [0.05, 0.1) is 17.9 Å². The summed E-state index contributed by atoms with van der Waals surface area (Å²) in [5.41, 5.74) is 12.4. The summed E-state index contributed by atoms with van der Waals surface area (Å²) < 4.78 is 7.72. The molecule has 0 spiro atoms. The fraction of sp³-hybridized carbons (Fsp3) is 0.567. The summed E-state index contributed by atoms with van der Waals surface area (Å²) in [6, 6.07) is 9.76. The summed E-state index contributed by atoms with van der Waals surface area (Å²) in [7, 11) is 0.298. The molecule has 0 radical (unpaired) electrons. The van der Waals surface area contributed by atoms with Crippen molar-refractivity contribution in [3.05, 3.63) is 68.8 Å². The highest BCUT2D eigenvalue weighted by molar-refractivity contribution is 8.41. The smallest absolute Gasteiger partial charge is 0.149 e. The van der Waals surface area contributed by atoms with Gasteiger partial charge in [0.15, 0.2) is 0 Å². The highest BCUT2D eigenvalue weighted by Gasteiger charge is 3.04. The number of hydrogen-bond acceptors (Lipinski definition) is 1. The van der Waals surface area contributed by atoms with Crippen molar-refractivity contribution in [3.8, 4) is 0 Å². The summed E-state index contributed by atoms with van der Waals surface area (Å²) in [5.74, 6) is 0. The number of hydrogen-bond donors (Lipinski definition) is 0. The molecule has 1 nitrogen and oxygen atoms in total. The van der Waals surface area contributed by atoms with Crippen LogP contribution >= 0.6 is 31.6 Å². The standard InChI is InChI=1S/C30H40OP4/c1-17-13-19(3)23(20(4)14-17)28-30(27(10,11)12)34(28)31-29(24-21(5)15-18(2)16-22(24)6)33(28)25(26(7,8)9)32-35(29)30/h13-16H,1-12H3/t28-,29-,30-,33?,34?,35?/m0/s1. The van der Waals surface area contributed by atoms with Crippen molar-refractivity contribution in [2.24, 2.45) is 10.8 Å². The molecular weight excluding hydrogens is 500 g/mol. The predicted octanol–water partition coefficient (Wildman–Crippen LogP) is 10.7. The third kappa shape index (κ3) is 2.61. The molecule has 2 aromatic rings. The lowest BCUT2D eigenvalue weighted by atomic mass is 9.85. The largest absolute Gasteiger partial charge is 0.336 e. The van der Waals surface area contributed by atoms with Crippen molar-refractivity contribution in [2.45, 2.75) is 98.0 Å². The van der Waals surface area contributed by atoms with Gasteiger partial charge in [-0.1, -0.05) is 84.8 Å². The monoisotopic (exact) mass is 540 g/mol. The van der Waals surface area contributed by atoms with E-state index < -0.39 is 16.1 Å². The molecule has 4 saturated heterocycles. The topological polar surface area (TPSA) is 9.23 Å². The molecule has 5 heterocycles. The molecule has 0 saturated carbocycles. The molecular formula is C30H40OP4. The van der Waals surface area contributed by atoms with Gasteiger partial charge in [-0.2, -0.15) is 0 Å². The molecule has 35 heavy (non-hydrogen) atoms. The van der Waals surface area contributed by atoms with Crippen LogP contribution in [0, 0.1) is 52.4 Å². The van der Waals surface area contributed by atoms with E-state index in [1.165, 1.54) is 33.4 Å². The van der Waals surface area contributed by atoms with Crippen molar-refractivity contribution >= 4 is 36.6 Å². The molecule has 0 N–H and O–H groups in total. The van der Waals surface area contributed by atoms with E-state index in [1.807, 2.05) is 5.03 Å². The first-order valence-corrected chi connectivity index (χ1v) is 18.5. The molecule has 0 amide bonds. The van der Waals surface area contributed by atoms with Crippen molar-refractivity contribution < 1.29 is 4.52 Å². The molecule has 0 aromatic heterocycles. The Morgan fingerprint density at radius 2 is 1.17 bits per heavy atom. The lowest BCUT2D eigenvalue weighted by Crippen LogP contribution is -2.34. The predicted molar refractivity (Wildman–Crippen MR) is 160 cm³/mol. The van der Waals surface area contributed by atoms with E-state index in [2.05, 4.69) is 107 Å².